The molecule has 0 aliphatic carbocycles. The molecule has 0 spiro atoms. The van der Waals surface area contributed by atoms with Gasteiger partial charge in [0.15, 0.2) is 0 Å². The molecule has 2 rings (SSSR count). The number of rotatable bonds is 5. The Labute approximate surface area is 115 Å². The van der Waals surface area contributed by atoms with Crippen molar-refractivity contribution in [2.75, 3.05) is 5.32 Å². The number of amides is 1. The number of halogens is 1. The lowest BCUT2D eigenvalue weighted by molar-refractivity contribution is -0.116. The number of aromatic hydroxyl groups is 1. The van der Waals surface area contributed by atoms with Gasteiger partial charge in [-0.3, -0.25) is 4.79 Å². The predicted molar refractivity (Wildman–Crippen MR) is 73.2 cm³/mol. The standard InChI is InChI=1S/C13H14ClN3O2/c14-10-3-4-12(18)11(8-10)16-13(19)2-1-6-17-7-5-15-9-17/h3-5,7-9,18H,1-2,6H2,(H,16,19). The van der Waals surface area contributed by atoms with E-state index < -0.39 is 0 Å². The van der Waals surface area contributed by atoms with E-state index in [4.69, 9.17) is 11.6 Å². The summed E-state index contributed by atoms with van der Waals surface area (Å²) in [5.74, 6) is -0.148. The largest absolute Gasteiger partial charge is 0.506 e. The van der Waals surface area contributed by atoms with Crippen molar-refractivity contribution < 1.29 is 9.90 Å². The first-order valence-corrected chi connectivity index (χ1v) is 6.27. The number of hydrogen-bond donors (Lipinski definition) is 2. The van der Waals surface area contributed by atoms with Crippen LogP contribution in [0.4, 0.5) is 5.69 Å². The molecule has 0 atom stereocenters. The average molecular weight is 280 g/mol. The number of nitrogens with zero attached hydrogens (tertiary/aromatic N) is 2. The van der Waals surface area contributed by atoms with E-state index in [0.29, 0.717) is 23.6 Å². The van der Waals surface area contributed by atoms with Crippen LogP contribution < -0.4 is 5.32 Å². The highest BCUT2D eigenvalue weighted by molar-refractivity contribution is 6.31. The first-order chi connectivity index (χ1) is 9.15. The molecule has 100 valence electrons. The Morgan fingerprint density at radius 2 is 2.32 bits per heavy atom. The third kappa shape index (κ3) is 3.99. The van der Waals surface area contributed by atoms with E-state index >= 15 is 0 Å². The van der Waals surface area contributed by atoms with Crippen molar-refractivity contribution in [3.8, 4) is 5.75 Å². The molecular weight excluding hydrogens is 266 g/mol. The smallest absolute Gasteiger partial charge is 0.224 e. The van der Waals surface area contributed by atoms with Crippen molar-refractivity contribution >= 4 is 23.2 Å². The van der Waals surface area contributed by atoms with Crippen LogP contribution in [0.2, 0.25) is 5.02 Å². The zero-order chi connectivity index (χ0) is 13.7. The zero-order valence-electron chi connectivity index (χ0n) is 10.2. The van der Waals surface area contributed by atoms with Crippen LogP contribution in [-0.4, -0.2) is 20.6 Å². The summed E-state index contributed by atoms with van der Waals surface area (Å²) in [6.45, 7) is 0.731. The van der Waals surface area contributed by atoms with Gasteiger partial charge in [-0.25, -0.2) is 4.98 Å². The number of hydrogen-bond acceptors (Lipinski definition) is 3. The van der Waals surface area contributed by atoms with Crippen LogP contribution in [0.25, 0.3) is 0 Å². The van der Waals surface area contributed by atoms with Gasteiger partial charge < -0.3 is 15.0 Å². The fraction of sp³-hybridized carbons (Fsp3) is 0.231. The first-order valence-electron chi connectivity index (χ1n) is 5.89. The van der Waals surface area contributed by atoms with Gasteiger partial charge in [0.1, 0.15) is 5.75 Å². The predicted octanol–water partition coefficient (Wildman–Crippen LogP) is 2.66. The van der Waals surface area contributed by atoms with E-state index in [1.165, 1.54) is 12.1 Å². The van der Waals surface area contributed by atoms with Gasteiger partial charge in [0.05, 0.1) is 12.0 Å². The van der Waals surface area contributed by atoms with E-state index in [2.05, 4.69) is 10.3 Å². The van der Waals surface area contributed by atoms with Gasteiger partial charge >= 0.3 is 0 Å². The quantitative estimate of drug-likeness (QED) is 0.827. The molecule has 0 saturated heterocycles. The number of phenolic OH excluding ortho intramolecular Hbond substituents is 1. The fourth-order valence-corrected chi connectivity index (χ4v) is 1.83. The second kappa shape index (κ2) is 6.24. The summed E-state index contributed by atoms with van der Waals surface area (Å²) in [6, 6.07) is 4.53. The van der Waals surface area contributed by atoms with Gasteiger partial charge in [0, 0.05) is 30.4 Å². The Kier molecular flexibility index (Phi) is 4.41. The minimum absolute atomic E-state index is 0.00681. The zero-order valence-corrected chi connectivity index (χ0v) is 11.0. The summed E-state index contributed by atoms with van der Waals surface area (Å²) in [5, 5.41) is 12.7. The summed E-state index contributed by atoms with van der Waals surface area (Å²) in [5.41, 5.74) is 0.333. The molecule has 0 radical (unpaired) electrons. The lowest BCUT2D eigenvalue weighted by atomic mass is 10.2. The molecule has 1 aromatic carbocycles. The molecule has 0 aliphatic rings. The van der Waals surface area contributed by atoms with Gasteiger partial charge in [-0.1, -0.05) is 11.6 Å². The van der Waals surface area contributed by atoms with Crippen LogP contribution in [0.1, 0.15) is 12.8 Å². The van der Waals surface area contributed by atoms with Gasteiger partial charge in [-0.15, -0.1) is 0 Å². The van der Waals surface area contributed by atoms with E-state index in [0.717, 1.165) is 6.54 Å². The topological polar surface area (TPSA) is 67.2 Å². The fourth-order valence-electron chi connectivity index (χ4n) is 1.66. The van der Waals surface area contributed by atoms with Crippen molar-refractivity contribution in [2.45, 2.75) is 19.4 Å². The van der Waals surface area contributed by atoms with Gasteiger partial charge in [-0.05, 0) is 24.6 Å². The van der Waals surface area contributed by atoms with Gasteiger partial charge in [-0.2, -0.15) is 0 Å². The lowest BCUT2D eigenvalue weighted by Crippen LogP contribution is -2.12. The number of imidazole rings is 1. The second-order valence-electron chi connectivity index (χ2n) is 4.11. The van der Waals surface area contributed by atoms with Crippen LogP contribution in [0.3, 0.4) is 0 Å². The van der Waals surface area contributed by atoms with E-state index in [1.54, 1.807) is 18.6 Å². The number of carbonyl (C=O) groups is 1. The first kappa shape index (κ1) is 13.4. The molecule has 6 heteroatoms. The molecule has 2 aromatic rings. The molecule has 2 N–H and O–H groups in total. The summed E-state index contributed by atoms with van der Waals surface area (Å²) in [4.78, 5) is 15.6. The SMILES string of the molecule is O=C(CCCn1ccnc1)Nc1cc(Cl)ccc1O. The molecule has 0 bridgehead atoms. The Bertz CT molecular complexity index is 555. The highest BCUT2D eigenvalue weighted by Crippen LogP contribution is 2.26. The van der Waals surface area contributed by atoms with Crippen molar-refractivity contribution in [1.82, 2.24) is 9.55 Å². The number of benzene rings is 1. The van der Waals surface area contributed by atoms with Crippen molar-refractivity contribution in [3.63, 3.8) is 0 Å². The molecule has 0 fully saturated rings. The molecule has 1 amide bonds. The Hall–Kier alpha value is -2.01. The lowest BCUT2D eigenvalue weighted by Gasteiger charge is -2.07. The van der Waals surface area contributed by atoms with Crippen molar-refractivity contribution in [2.24, 2.45) is 0 Å². The highest BCUT2D eigenvalue weighted by atomic mass is 35.5. The van der Waals surface area contributed by atoms with Crippen LogP contribution in [0, 0.1) is 0 Å². The molecule has 1 heterocycles. The molecular formula is C13H14ClN3O2. The molecule has 0 aliphatic heterocycles. The second-order valence-corrected chi connectivity index (χ2v) is 4.55. The normalized spacial score (nSPS) is 10.4. The van der Waals surface area contributed by atoms with E-state index in [9.17, 15) is 9.90 Å². The minimum atomic E-state index is -0.155. The number of phenols is 1. The maximum Gasteiger partial charge on any atom is 0.224 e. The number of nitrogens with one attached hydrogen (secondary N) is 1. The molecule has 0 saturated carbocycles. The van der Waals surface area contributed by atoms with Crippen molar-refractivity contribution in [1.29, 1.82) is 0 Å². The van der Waals surface area contributed by atoms with E-state index in [1.807, 2.05) is 10.8 Å². The molecule has 0 unspecified atom stereocenters. The maximum absolute atomic E-state index is 11.7. The Morgan fingerprint density at radius 3 is 3.05 bits per heavy atom. The van der Waals surface area contributed by atoms with Gasteiger partial charge in [0.25, 0.3) is 0 Å². The Morgan fingerprint density at radius 1 is 1.47 bits per heavy atom. The number of aromatic nitrogens is 2. The highest BCUT2D eigenvalue weighted by Gasteiger charge is 2.07. The van der Waals surface area contributed by atoms with Crippen LogP contribution >= 0.6 is 11.6 Å². The molecule has 5 nitrogen and oxygen atoms in total. The maximum atomic E-state index is 11.7. The molecule has 1 aromatic heterocycles. The average Bonchev–Trinajstić information content (AvgIpc) is 2.87. The monoisotopic (exact) mass is 279 g/mol. The molecule has 19 heavy (non-hydrogen) atoms. The number of aryl methyl sites for hydroxylation is 1. The van der Waals surface area contributed by atoms with Crippen LogP contribution in [-0.2, 0) is 11.3 Å². The summed E-state index contributed by atoms with van der Waals surface area (Å²) >= 11 is 5.80. The summed E-state index contributed by atoms with van der Waals surface area (Å²) < 4.78 is 1.91. The number of anilines is 1. The summed E-state index contributed by atoms with van der Waals surface area (Å²) in [7, 11) is 0. The van der Waals surface area contributed by atoms with Crippen LogP contribution in [0.5, 0.6) is 5.75 Å². The van der Waals surface area contributed by atoms with E-state index in [-0.39, 0.29) is 11.7 Å². The summed E-state index contributed by atoms with van der Waals surface area (Å²) in [6.07, 6.45) is 6.32. The third-order valence-corrected chi connectivity index (χ3v) is 2.85. The third-order valence-electron chi connectivity index (χ3n) is 2.61. The Balaban J connectivity index is 1.82. The van der Waals surface area contributed by atoms with Crippen molar-refractivity contribution in [3.05, 3.63) is 41.9 Å². The minimum Gasteiger partial charge on any atom is -0.506 e. The van der Waals surface area contributed by atoms with Gasteiger partial charge in [0.2, 0.25) is 5.91 Å². The van der Waals surface area contributed by atoms with Crippen LogP contribution in [0.15, 0.2) is 36.9 Å². The number of carbonyl (C=O) groups excluding carboxylic acids is 1.